The molecule has 114 valence electrons. The second-order valence-electron chi connectivity index (χ2n) is 3.89. The van der Waals surface area contributed by atoms with Crippen molar-refractivity contribution in [2.75, 3.05) is 33.5 Å². The highest BCUT2D eigenvalue weighted by Crippen LogP contribution is 2.25. The molecule has 7 nitrogen and oxygen atoms in total. The molecule has 0 unspecified atom stereocenters. The summed E-state index contributed by atoms with van der Waals surface area (Å²) in [6.07, 6.45) is 0. The smallest absolute Gasteiger partial charge is 0.346 e. The molecular weight excluding hydrogens is 306 g/mol. The fraction of sp³-hybridized carbons (Fsp3) is 0.545. The highest BCUT2D eigenvalue weighted by Gasteiger charge is 2.21. The van der Waals surface area contributed by atoms with Gasteiger partial charge in [-0.2, -0.15) is 0 Å². The second-order valence-corrected chi connectivity index (χ2v) is 6.93. The SMILES string of the molecule is COCCOCCNS(=O)(=O)c1cc(C)c(C(=O)O)s1. The van der Waals surface area contributed by atoms with Crippen LogP contribution in [-0.2, 0) is 19.5 Å². The monoisotopic (exact) mass is 323 g/mol. The van der Waals surface area contributed by atoms with E-state index in [4.69, 9.17) is 14.6 Å². The molecule has 0 amide bonds. The van der Waals surface area contributed by atoms with E-state index in [9.17, 15) is 13.2 Å². The fourth-order valence-electron chi connectivity index (χ4n) is 1.36. The Balaban J connectivity index is 2.56. The van der Waals surface area contributed by atoms with E-state index >= 15 is 0 Å². The summed E-state index contributed by atoms with van der Waals surface area (Å²) in [5.41, 5.74) is 0.430. The predicted molar refractivity (Wildman–Crippen MR) is 73.9 cm³/mol. The van der Waals surface area contributed by atoms with Crippen molar-refractivity contribution >= 4 is 27.3 Å². The quantitative estimate of drug-likeness (QED) is 0.649. The number of aromatic carboxylic acids is 1. The molecule has 20 heavy (non-hydrogen) atoms. The van der Waals surface area contributed by atoms with E-state index in [0.717, 1.165) is 11.3 Å². The van der Waals surface area contributed by atoms with Gasteiger partial charge in [-0.05, 0) is 18.6 Å². The first-order valence-corrected chi connectivity index (χ1v) is 8.08. The number of carboxylic acid groups (broad SMARTS) is 1. The van der Waals surface area contributed by atoms with Gasteiger partial charge in [0.2, 0.25) is 10.0 Å². The minimum atomic E-state index is -3.69. The Morgan fingerprint density at radius 3 is 2.65 bits per heavy atom. The predicted octanol–water partition coefficient (Wildman–Crippen LogP) is 0.696. The van der Waals surface area contributed by atoms with Gasteiger partial charge in [-0.1, -0.05) is 0 Å². The average molecular weight is 323 g/mol. The summed E-state index contributed by atoms with van der Waals surface area (Å²) in [6, 6.07) is 1.35. The average Bonchev–Trinajstić information content (AvgIpc) is 2.76. The molecule has 0 aliphatic rings. The lowest BCUT2D eigenvalue weighted by atomic mass is 10.3. The second kappa shape index (κ2) is 7.70. The minimum absolute atomic E-state index is 0.00992. The van der Waals surface area contributed by atoms with Crippen molar-refractivity contribution in [3.8, 4) is 0 Å². The molecule has 0 saturated heterocycles. The summed E-state index contributed by atoms with van der Waals surface area (Å²) in [5.74, 6) is -1.13. The molecule has 0 aliphatic carbocycles. The van der Waals surface area contributed by atoms with Crippen molar-refractivity contribution in [3.63, 3.8) is 0 Å². The number of sulfonamides is 1. The van der Waals surface area contributed by atoms with Gasteiger partial charge in [-0.25, -0.2) is 17.9 Å². The number of hydrogen-bond donors (Lipinski definition) is 2. The maximum absolute atomic E-state index is 11.9. The van der Waals surface area contributed by atoms with E-state index in [1.807, 2.05) is 0 Å². The van der Waals surface area contributed by atoms with Crippen LogP contribution in [0.5, 0.6) is 0 Å². The van der Waals surface area contributed by atoms with Gasteiger partial charge in [0.05, 0.1) is 19.8 Å². The lowest BCUT2D eigenvalue weighted by Crippen LogP contribution is -2.27. The highest BCUT2D eigenvalue weighted by atomic mass is 32.2. The fourth-order valence-corrected chi connectivity index (χ4v) is 3.80. The number of thiophene rings is 1. The third-order valence-corrected chi connectivity index (χ3v) is 5.48. The maximum Gasteiger partial charge on any atom is 0.346 e. The van der Waals surface area contributed by atoms with Crippen molar-refractivity contribution < 1.29 is 27.8 Å². The van der Waals surface area contributed by atoms with Crippen molar-refractivity contribution in [1.29, 1.82) is 0 Å². The van der Waals surface area contributed by atoms with Crippen LogP contribution in [0.2, 0.25) is 0 Å². The first-order chi connectivity index (χ1) is 9.38. The summed E-state index contributed by atoms with van der Waals surface area (Å²) in [6.45, 7) is 2.73. The molecule has 0 atom stereocenters. The van der Waals surface area contributed by atoms with E-state index in [2.05, 4.69) is 4.72 Å². The molecular formula is C11H17NO6S2. The third kappa shape index (κ3) is 4.84. The van der Waals surface area contributed by atoms with Crippen LogP contribution in [0.15, 0.2) is 10.3 Å². The van der Waals surface area contributed by atoms with Crippen LogP contribution in [0.1, 0.15) is 15.2 Å². The van der Waals surface area contributed by atoms with Gasteiger partial charge in [0.1, 0.15) is 9.09 Å². The van der Waals surface area contributed by atoms with Gasteiger partial charge in [0.25, 0.3) is 0 Å². The number of carboxylic acids is 1. The molecule has 0 bridgehead atoms. The summed E-state index contributed by atoms with van der Waals surface area (Å²) in [4.78, 5) is 10.9. The number of carbonyl (C=O) groups is 1. The molecule has 0 spiro atoms. The van der Waals surface area contributed by atoms with Gasteiger partial charge < -0.3 is 14.6 Å². The number of hydrogen-bond acceptors (Lipinski definition) is 6. The van der Waals surface area contributed by atoms with Gasteiger partial charge in [0.15, 0.2) is 0 Å². The lowest BCUT2D eigenvalue weighted by Gasteiger charge is -2.05. The van der Waals surface area contributed by atoms with Crippen LogP contribution in [0, 0.1) is 6.92 Å². The summed E-state index contributed by atoms with van der Waals surface area (Å²) >= 11 is 0.736. The first kappa shape index (κ1) is 17.1. The summed E-state index contributed by atoms with van der Waals surface area (Å²) in [5, 5.41) is 8.90. The highest BCUT2D eigenvalue weighted by molar-refractivity contribution is 7.91. The lowest BCUT2D eigenvalue weighted by molar-refractivity contribution is 0.0701. The zero-order valence-corrected chi connectivity index (χ0v) is 12.8. The van der Waals surface area contributed by atoms with Crippen molar-refractivity contribution in [2.24, 2.45) is 0 Å². The molecule has 1 aromatic heterocycles. The maximum atomic E-state index is 11.9. The number of rotatable bonds is 9. The Morgan fingerprint density at radius 1 is 1.40 bits per heavy atom. The molecule has 1 heterocycles. The van der Waals surface area contributed by atoms with Crippen molar-refractivity contribution in [2.45, 2.75) is 11.1 Å². The van der Waals surface area contributed by atoms with Gasteiger partial charge in [0, 0.05) is 13.7 Å². The van der Waals surface area contributed by atoms with E-state index < -0.39 is 16.0 Å². The van der Waals surface area contributed by atoms with E-state index in [-0.39, 0.29) is 22.2 Å². The van der Waals surface area contributed by atoms with Crippen molar-refractivity contribution in [3.05, 3.63) is 16.5 Å². The van der Waals surface area contributed by atoms with E-state index in [1.54, 1.807) is 14.0 Å². The van der Waals surface area contributed by atoms with Crippen LogP contribution in [0.25, 0.3) is 0 Å². The van der Waals surface area contributed by atoms with Crippen LogP contribution < -0.4 is 4.72 Å². The standard InChI is InChI=1S/C11H17NO6S2/c1-8-7-9(19-10(8)11(13)14)20(15,16)12-3-4-18-6-5-17-2/h7,12H,3-6H2,1-2H3,(H,13,14). The topological polar surface area (TPSA) is 102 Å². The molecule has 0 aromatic carbocycles. The summed E-state index contributed by atoms with van der Waals surface area (Å²) in [7, 11) is -2.15. The number of aryl methyl sites for hydroxylation is 1. The number of nitrogens with one attached hydrogen (secondary N) is 1. The number of methoxy groups -OCH3 is 1. The molecule has 2 N–H and O–H groups in total. The Kier molecular flexibility index (Phi) is 6.56. The largest absolute Gasteiger partial charge is 0.477 e. The van der Waals surface area contributed by atoms with Gasteiger partial charge in [-0.3, -0.25) is 0 Å². The van der Waals surface area contributed by atoms with E-state index in [1.165, 1.54) is 6.07 Å². The molecule has 0 aliphatic heterocycles. The molecule has 0 radical (unpaired) electrons. The van der Waals surface area contributed by atoms with Gasteiger partial charge >= 0.3 is 5.97 Å². The van der Waals surface area contributed by atoms with Crippen LogP contribution in [0.3, 0.4) is 0 Å². The molecule has 0 saturated carbocycles. The van der Waals surface area contributed by atoms with Crippen LogP contribution in [-0.4, -0.2) is 53.0 Å². The molecule has 9 heteroatoms. The zero-order valence-electron chi connectivity index (χ0n) is 11.2. The van der Waals surface area contributed by atoms with E-state index in [0.29, 0.717) is 18.8 Å². The van der Waals surface area contributed by atoms with Crippen LogP contribution in [0.4, 0.5) is 0 Å². The molecule has 0 fully saturated rings. The minimum Gasteiger partial charge on any atom is -0.477 e. The zero-order chi connectivity index (χ0) is 15.2. The summed E-state index contributed by atoms with van der Waals surface area (Å²) < 4.78 is 36.1. The number of ether oxygens (including phenoxy) is 2. The van der Waals surface area contributed by atoms with Crippen LogP contribution >= 0.6 is 11.3 Å². The molecule has 1 rings (SSSR count). The Morgan fingerprint density at radius 2 is 2.10 bits per heavy atom. The molecule has 1 aromatic rings. The normalized spacial score (nSPS) is 11.7. The van der Waals surface area contributed by atoms with Gasteiger partial charge in [-0.15, -0.1) is 11.3 Å². The Bertz CT molecular complexity index is 551. The first-order valence-electron chi connectivity index (χ1n) is 5.78. The van der Waals surface area contributed by atoms with Crippen molar-refractivity contribution in [1.82, 2.24) is 4.72 Å². The third-order valence-electron chi connectivity index (χ3n) is 2.32. The Labute approximate surface area is 121 Å². The Hall–Kier alpha value is -1.00.